The number of amides is 1. The average molecular weight is 383 g/mol. The lowest BCUT2D eigenvalue weighted by Crippen LogP contribution is -2.51. The number of nitrogens with one attached hydrogen (secondary N) is 2. The van der Waals surface area contributed by atoms with Gasteiger partial charge in [-0.3, -0.25) is 9.69 Å². The van der Waals surface area contributed by atoms with Crippen molar-refractivity contribution in [3.63, 3.8) is 0 Å². The second-order valence-corrected chi connectivity index (χ2v) is 7.81. The van der Waals surface area contributed by atoms with Crippen LogP contribution < -0.4 is 15.5 Å². The molecule has 1 saturated heterocycles. The fourth-order valence-electron chi connectivity index (χ4n) is 4.23. The van der Waals surface area contributed by atoms with E-state index < -0.39 is 0 Å². The van der Waals surface area contributed by atoms with Crippen LogP contribution in [0.5, 0.6) is 0 Å². The van der Waals surface area contributed by atoms with E-state index in [1.54, 1.807) is 0 Å². The minimum absolute atomic E-state index is 0.166. The van der Waals surface area contributed by atoms with Crippen LogP contribution in [-0.4, -0.2) is 66.6 Å². The third kappa shape index (κ3) is 4.35. The number of carbonyl (C=O) groups excluding carboxylic acids is 1. The van der Waals surface area contributed by atoms with E-state index in [4.69, 9.17) is 9.97 Å². The van der Waals surface area contributed by atoms with Gasteiger partial charge in [0.15, 0.2) is 0 Å². The van der Waals surface area contributed by atoms with Gasteiger partial charge < -0.3 is 15.5 Å². The summed E-state index contributed by atoms with van der Waals surface area (Å²) in [6.07, 6.45) is 6.05. The van der Waals surface area contributed by atoms with Crippen LogP contribution in [0.15, 0.2) is 24.3 Å². The molecule has 150 valence electrons. The van der Waals surface area contributed by atoms with Crippen LogP contribution in [0.4, 0.5) is 11.8 Å². The quantitative estimate of drug-likeness (QED) is 0.826. The van der Waals surface area contributed by atoms with Gasteiger partial charge in [0, 0.05) is 44.7 Å². The summed E-state index contributed by atoms with van der Waals surface area (Å²) in [6.45, 7) is 3.85. The molecule has 0 atom stereocenters. The minimum atomic E-state index is 0.166. The highest BCUT2D eigenvalue weighted by Gasteiger charge is 2.23. The molecule has 2 aromatic rings. The third-order valence-electron chi connectivity index (χ3n) is 5.82. The van der Waals surface area contributed by atoms with Gasteiger partial charge in [0.05, 0.1) is 12.1 Å². The summed E-state index contributed by atoms with van der Waals surface area (Å²) in [5.74, 6) is 1.78. The monoisotopic (exact) mass is 382 g/mol. The van der Waals surface area contributed by atoms with Crippen molar-refractivity contribution in [2.24, 2.45) is 0 Å². The normalized spacial score (nSPS) is 19.0. The van der Waals surface area contributed by atoms with E-state index in [2.05, 4.69) is 20.4 Å². The number of carbonyl (C=O) groups is 1. The summed E-state index contributed by atoms with van der Waals surface area (Å²) in [5.41, 5.74) is 0.950. The molecule has 0 bridgehead atoms. The zero-order valence-corrected chi connectivity index (χ0v) is 16.7. The van der Waals surface area contributed by atoms with E-state index in [1.165, 1.54) is 19.3 Å². The zero-order chi connectivity index (χ0) is 19.3. The molecule has 1 aromatic carbocycles. The first-order valence-electron chi connectivity index (χ1n) is 10.4. The molecule has 0 radical (unpaired) electrons. The van der Waals surface area contributed by atoms with Crippen LogP contribution in [0.25, 0.3) is 10.9 Å². The number of nitrogens with zero attached hydrogens (tertiary/aromatic N) is 4. The Kier molecular flexibility index (Phi) is 5.90. The number of rotatable bonds is 5. The maximum atomic E-state index is 12.4. The Morgan fingerprint density at radius 1 is 1.07 bits per heavy atom. The van der Waals surface area contributed by atoms with Gasteiger partial charge in [-0.1, -0.05) is 31.4 Å². The molecule has 4 rings (SSSR count). The number of aromatic nitrogens is 2. The molecule has 7 heteroatoms. The molecule has 28 heavy (non-hydrogen) atoms. The second kappa shape index (κ2) is 8.73. The van der Waals surface area contributed by atoms with Gasteiger partial charge in [-0.25, -0.2) is 4.98 Å². The van der Waals surface area contributed by atoms with Crippen molar-refractivity contribution in [2.45, 2.75) is 38.1 Å². The van der Waals surface area contributed by atoms with Crippen LogP contribution in [-0.2, 0) is 4.79 Å². The molecule has 1 saturated carbocycles. The SMILES string of the molecule is CNc1nc(N2CCN(CC(=O)NC3CCCCC3)CC2)nc2ccccc12. The Hall–Kier alpha value is -2.41. The number of piperazine rings is 1. The van der Waals surface area contributed by atoms with E-state index in [1.807, 2.05) is 31.3 Å². The van der Waals surface area contributed by atoms with Crippen LogP contribution in [0.3, 0.4) is 0 Å². The molecular formula is C21H30N6O. The van der Waals surface area contributed by atoms with Crippen LogP contribution >= 0.6 is 0 Å². The van der Waals surface area contributed by atoms with E-state index in [9.17, 15) is 4.79 Å². The highest BCUT2D eigenvalue weighted by molar-refractivity contribution is 5.90. The molecular weight excluding hydrogens is 352 g/mol. The van der Waals surface area contributed by atoms with Crippen molar-refractivity contribution in [1.82, 2.24) is 20.2 Å². The van der Waals surface area contributed by atoms with E-state index in [0.717, 1.165) is 61.7 Å². The van der Waals surface area contributed by atoms with Gasteiger partial charge in [-0.15, -0.1) is 0 Å². The molecule has 7 nitrogen and oxygen atoms in total. The lowest BCUT2D eigenvalue weighted by Gasteiger charge is -2.35. The van der Waals surface area contributed by atoms with Gasteiger partial charge >= 0.3 is 0 Å². The molecule has 2 heterocycles. The Bertz CT molecular complexity index is 812. The molecule has 1 aromatic heterocycles. The van der Waals surface area contributed by atoms with Crippen LogP contribution in [0.2, 0.25) is 0 Å². The molecule has 1 aliphatic carbocycles. The average Bonchev–Trinajstić information content (AvgIpc) is 2.74. The van der Waals surface area contributed by atoms with Gasteiger partial charge in [0.1, 0.15) is 5.82 Å². The predicted molar refractivity (Wildman–Crippen MR) is 113 cm³/mol. The van der Waals surface area contributed by atoms with Gasteiger partial charge in [-0.2, -0.15) is 4.98 Å². The fraction of sp³-hybridized carbons (Fsp3) is 0.571. The van der Waals surface area contributed by atoms with Crippen LogP contribution in [0, 0.1) is 0 Å². The van der Waals surface area contributed by atoms with Crippen molar-refractivity contribution >= 4 is 28.6 Å². The summed E-state index contributed by atoms with van der Waals surface area (Å²) in [4.78, 5) is 26.3. The largest absolute Gasteiger partial charge is 0.372 e. The van der Waals surface area contributed by atoms with Crippen LogP contribution in [0.1, 0.15) is 32.1 Å². The van der Waals surface area contributed by atoms with Crippen molar-refractivity contribution in [1.29, 1.82) is 0 Å². The molecule has 2 fully saturated rings. The summed E-state index contributed by atoms with van der Waals surface area (Å²) in [5, 5.41) is 7.43. The Morgan fingerprint density at radius 2 is 1.82 bits per heavy atom. The summed E-state index contributed by atoms with van der Waals surface area (Å²) in [6, 6.07) is 8.44. The number of hydrogen-bond donors (Lipinski definition) is 2. The van der Waals surface area contributed by atoms with Crippen molar-refractivity contribution < 1.29 is 4.79 Å². The molecule has 0 spiro atoms. The molecule has 2 aliphatic rings. The summed E-state index contributed by atoms with van der Waals surface area (Å²) in [7, 11) is 1.89. The molecule has 0 unspecified atom stereocenters. The fourth-order valence-corrected chi connectivity index (χ4v) is 4.23. The highest BCUT2D eigenvalue weighted by Crippen LogP contribution is 2.23. The Labute approximate surface area is 166 Å². The lowest BCUT2D eigenvalue weighted by molar-refractivity contribution is -0.123. The van der Waals surface area contributed by atoms with E-state index in [0.29, 0.717) is 12.6 Å². The zero-order valence-electron chi connectivity index (χ0n) is 16.7. The first-order valence-corrected chi connectivity index (χ1v) is 10.4. The van der Waals surface area contributed by atoms with Gasteiger partial charge in [0.25, 0.3) is 0 Å². The molecule has 1 amide bonds. The smallest absolute Gasteiger partial charge is 0.234 e. The van der Waals surface area contributed by atoms with Gasteiger partial charge in [-0.05, 0) is 25.0 Å². The Morgan fingerprint density at radius 3 is 2.57 bits per heavy atom. The van der Waals surface area contributed by atoms with E-state index >= 15 is 0 Å². The summed E-state index contributed by atoms with van der Waals surface area (Å²) < 4.78 is 0. The van der Waals surface area contributed by atoms with Crippen molar-refractivity contribution in [3.8, 4) is 0 Å². The maximum absolute atomic E-state index is 12.4. The number of fused-ring (bicyclic) bond motifs is 1. The number of para-hydroxylation sites is 1. The molecule has 2 N–H and O–H groups in total. The maximum Gasteiger partial charge on any atom is 0.234 e. The first kappa shape index (κ1) is 18.9. The second-order valence-electron chi connectivity index (χ2n) is 7.81. The number of hydrogen-bond acceptors (Lipinski definition) is 6. The third-order valence-corrected chi connectivity index (χ3v) is 5.82. The van der Waals surface area contributed by atoms with Crippen molar-refractivity contribution in [2.75, 3.05) is 50.0 Å². The van der Waals surface area contributed by atoms with Crippen molar-refractivity contribution in [3.05, 3.63) is 24.3 Å². The predicted octanol–water partition coefficient (Wildman–Crippen LogP) is 2.24. The van der Waals surface area contributed by atoms with E-state index in [-0.39, 0.29) is 5.91 Å². The first-order chi connectivity index (χ1) is 13.7. The number of anilines is 2. The Balaban J connectivity index is 1.34. The van der Waals surface area contributed by atoms with Gasteiger partial charge in [0.2, 0.25) is 11.9 Å². The minimum Gasteiger partial charge on any atom is -0.372 e. The topological polar surface area (TPSA) is 73.4 Å². The molecule has 1 aliphatic heterocycles. The summed E-state index contributed by atoms with van der Waals surface area (Å²) >= 11 is 0. The highest BCUT2D eigenvalue weighted by atomic mass is 16.2. The lowest BCUT2D eigenvalue weighted by atomic mass is 9.95. The number of benzene rings is 1. The standard InChI is InChI=1S/C21H30N6O/c1-22-20-17-9-5-6-10-18(17)24-21(25-20)27-13-11-26(12-14-27)15-19(28)23-16-7-3-2-4-8-16/h5-6,9-10,16H,2-4,7-8,11-15H2,1H3,(H,23,28)(H,22,24,25).